The lowest BCUT2D eigenvalue weighted by Crippen LogP contribution is -2.30. The maximum atomic E-state index is 12.3. The molecule has 1 aromatic heterocycles. The molecule has 0 saturated carbocycles. The zero-order valence-electron chi connectivity index (χ0n) is 9.35. The van der Waals surface area contributed by atoms with E-state index in [0.717, 1.165) is 0 Å². The molecule has 17 heavy (non-hydrogen) atoms. The Labute approximate surface area is 101 Å². The second-order valence-corrected chi connectivity index (χ2v) is 4.92. The second kappa shape index (κ2) is 5.85. The topological polar surface area (TPSA) is 75.1 Å². The lowest BCUT2D eigenvalue weighted by molar-refractivity contribution is -0.138. The van der Waals surface area contributed by atoms with E-state index in [4.69, 9.17) is 5.11 Å². The van der Waals surface area contributed by atoms with E-state index in [2.05, 4.69) is 15.5 Å². The Kier molecular flexibility index (Phi) is 4.73. The Morgan fingerprint density at radius 2 is 2.12 bits per heavy atom. The molecule has 0 saturated heterocycles. The molecule has 1 aromatic rings. The molecule has 1 atom stereocenters. The van der Waals surface area contributed by atoms with E-state index in [9.17, 15) is 13.6 Å². The minimum absolute atomic E-state index is 0.105. The van der Waals surface area contributed by atoms with Crippen molar-refractivity contribution in [3.8, 4) is 0 Å². The molecule has 1 heterocycles. The van der Waals surface area contributed by atoms with Gasteiger partial charge in [-0.25, -0.2) is 13.6 Å². The van der Waals surface area contributed by atoms with Crippen LogP contribution < -0.4 is 5.32 Å². The fourth-order valence-electron chi connectivity index (χ4n) is 1.22. The van der Waals surface area contributed by atoms with Gasteiger partial charge in [0.15, 0.2) is 5.01 Å². The minimum atomic E-state index is -2.68. The summed E-state index contributed by atoms with van der Waals surface area (Å²) in [6, 6.07) is -0.839. The van der Waals surface area contributed by atoms with Gasteiger partial charge in [0.05, 0.1) is 0 Å². The van der Waals surface area contributed by atoms with Crippen LogP contribution in [0.25, 0.3) is 0 Å². The molecular weight excluding hydrogens is 252 g/mol. The highest BCUT2D eigenvalue weighted by molar-refractivity contribution is 7.15. The van der Waals surface area contributed by atoms with Gasteiger partial charge in [-0.2, -0.15) is 0 Å². The molecule has 0 aliphatic carbocycles. The average molecular weight is 265 g/mol. The number of hydrogen-bond donors (Lipinski definition) is 2. The standard InChI is InChI=1S/C9H13F2N3O2S/c1-4(2)3-5(8(15)16)12-9-14-13-7(17-9)6(10)11/h4-6H,3H2,1-2H3,(H,12,14)(H,15,16)/t5-/m1/s1. The number of alkyl halides is 2. The number of carboxylic acids is 1. The Hall–Kier alpha value is -1.31. The van der Waals surface area contributed by atoms with Gasteiger partial charge in [0.2, 0.25) is 5.13 Å². The van der Waals surface area contributed by atoms with Crippen molar-refractivity contribution in [2.75, 3.05) is 5.32 Å². The highest BCUT2D eigenvalue weighted by Gasteiger charge is 2.21. The van der Waals surface area contributed by atoms with Crippen LogP contribution in [0.4, 0.5) is 13.9 Å². The third kappa shape index (κ3) is 4.22. The Balaban J connectivity index is 2.68. The van der Waals surface area contributed by atoms with E-state index in [1.165, 1.54) is 0 Å². The van der Waals surface area contributed by atoms with Gasteiger partial charge in [0, 0.05) is 0 Å². The van der Waals surface area contributed by atoms with Crippen molar-refractivity contribution in [2.45, 2.75) is 32.7 Å². The fraction of sp³-hybridized carbons (Fsp3) is 0.667. The van der Waals surface area contributed by atoms with Crippen molar-refractivity contribution < 1.29 is 18.7 Å². The van der Waals surface area contributed by atoms with Crippen molar-refractivity contribution in [3.05, 3.63) is 5.01 Å². The number of aliphatic carboxylic acids is 1. The molecule has 0 fully saturated rings. The predicted octanol–water partition coefficient (Wildman–Crippen LogP) is 2.39. The largest absolute Gasteiger partial charge is 0.480 e. The second-order valence-electron chi connectivity index (χ2n) is 3.91. The first-order valence-electron chi connectivity index (χ1n) is 5.01. The van der Waals surface area contributed by atoms with Crippen molar-refractivity contribution >= 4 is 22.4 Å². The molecule has 8 heteroatoms. The zero-order chi connectivity index (χ0) is 13.0. The van der Waals surface area contributed by atoms with Crippen LogP contribution in [0.3, 0.4) is 0 Å². The molecule has 0 radical (unpaired) electrons. The van der Waals surface area contributed by atoms with Crippen molar-refractivity contribution in [1.82, 2.24) is 10.2 Å². The summed E-state index contributed by atoms with van der Waals surface area (Å²) in [5.74, 6) is -0.862. The van der Waals surface area contributed by atoms with Gasteiger partial charge in [-0.05, 0) is 12.3 Å². The smallest absolute Gasteiger partial charge is 0.326 e. The molecular formula is C9H13F2N3O2S. The number of carboxylic acid groups (broad SMARTS) is 1. The highest BCUT2D eigenvalue weighted by Crippen LogP contribution is 2.26. The van der Waals surface area contributed by atoms with Gasteiger partial charge in [0.1, 0.15) is 6.04 Å². The third-order valence-electron chi connectivity index (χ3n) is 1.93. The molecule has 0 bridgehead atoms. The normalized spacial score (nSPS) is 13.1. The van der Waals surface area contributed by atoms with Crippen LogP contribution in [0.15, 0.2) is 0 Å². The van der Waals surface area contributed by atoms with Crippen LogP contribution in [0.5, 0.6) is 0 Å². The zero-order valence-corrected chi connectivity index (χ0v) is 10.2. The van der Waals surface area contributed by atoms with Crippen LogP contribution in [0.2, 0.25) is 0 Å². The average Bonchev–Trinajstić information content (AvgIpc) is 2.64. The van der Waals surface area contributed by atoms with E-state index in [1.54, 1.807) is 0 Å². The number of carbonyl (C=O) groups is 1. The number of nitrogens with zero attached hydrogens (tertiary/aromatic N) is 2. The summed E-state index contributed by atoms with van der Waals surface area (Å²) in [5, 5.41) is 18.0. The van der Waals surface area contributed by atoms with Crippen LogP contribution in [-0.4, -0.2) is 27.3 Å². The van der Waals surface area contributed by atoms with E-state index < -0.39 is 23.4 Å². The van der Waals surface area contributed by atoms with Gasteiger partial charge in [-0.15, -0.1) is 10.2 Å². The summed E-state index contributed by atoms with van der Waals surface area (Å²) >= 11 is 0.667. The first-order valence-corrected chi connectivity index (χ1v) is 5.82. The van der Waals surface area contributed by atoms with Crippen LogP contribution in [-0.2, 0) is 4.79 Å². The summed E-state index contributed by atoms with van der Waals surface area (Å²) < 4.78 is 24.5. The van der Waals surface area contributed by atoms with E-state index in [1.807, 2.05) is 13.8 Å². The van der Waals surface area contributed by atoms with Crippen LogP contribution in [0.1, 0.15) is 31.7 Å². The maximum Gasteiger partial charge on any atom is 0.326 e. The van der Waals surface area contributed by atoms with Gasteiger partial charge in [-0.3, -0.25) is 0 Å². The number of anilines is 1. The van der Waals surface area contributed by atoms with Gasteiger partial charge >= 0.3 is 5.97 Å². The van der Waals surface area contributed by atoms with E-state index in [-0.39, 0.29) is 11.0 Å². The van der Waals surface area contributed by atoms with Crippen molar-refractivity contribution in [3.63, 3.8) is 0 Å². The summed E-state index contributed by atoms with van der Waals surface area (Å²) in [6.07, 6.45) is -2.30. The molecule has 96 valence electrons. The van der Waals surface area contributed by atoms with Gasteiger partial charge in [-0.1, -0.05) is 25.2 Å². The van der Waals surface area contributed by atoms with Gasteiger partial charge < -0.3 is 10.4 Å². The highest BCUT2D eigenvalue weighted by atomic mass is 32.1. The molecule has 1 rings (SSSR count). The van der Waals surface area contributed by atoms with E-state index >= 15 is 0 Å². The molecule has 2 N–H and O–H groups in total. The first kappa shape index (κ1) is 13.8. The molecule has 0 aromatic carbocycles. The lowest BCUT2D eigenvalue weighted by Gasteiger charge is -2.14. The SMILES string of the molecule is CC(C)C[C@@H](Nc1nnc(C(F)F)s1)C(=O)O. The number of halogens is 2. The Morgan fingerprint density at radius 1 is 1.47 bits per heavy atom. The number of nitrogens with one attached hydrogen (secondary N) is 1. The van der Waals surface area contributed by atoms with Crippen LogP contribution >= 0.6 is 11.3 Å². The monoisotopic (exact) mass is 265 g/mol. The van der Waals surface area contributed by atoms with Crippen molar-refractivity contribution in [2.24, 2.45) is 5.92 Å². The summed E-state index contributed by atoms with van der Waals surface area (Å²) in [7, 11) is 0. The van der Waals surface area contributed by atoms with E-state index in [0.29, 0.717) is 17.8 Å². The minimum Gasteiger partial charge on any atom is -0.480 e. The molecule has 0 amide bonds. The fourth-order valence-corrected chi connectivity index (χ4v) is 1.87. The molecule has 0 spiro atoms. The third-order valence-corrected chi connectivity index (χ3v) is 2.79. The lowest BCUT2D eigenvalue weighted by atomic mass is 10.0. The maximum absolute atomic E-state index is 12.3. The number of hydrogen-bond acceptors (Lipinski definition) is 5. The van der Waals surface area contributed by atoms with Crippen molar-refractivity contribution in [1.29, 1.82) is 0 Å². The summed E-state index contributed by atoms with van der Waals surface area (Å²) in [4.78, 5) is 10.9. The quantitative estimate of drug-likeness (QED) is 0.826. The molecule has 5 nitrogen and oxygen atoms in total. The first-order chi connectivity index (χ1) is 7.90. The summed E-state index contributed by atoms with van der Waals surface area (Å²) in [5.41, 5.74) is 0. The molecule has 0 aliphatic heterocycles. The predicted molar refractivity (Wildman–Crippen MR) is 59.4 cm³/mol. The van der Waals surface area contributed by atoms with Crippen LogP contribution in [0, 0.1) is 5.92 Å². The molecule has 0 unspecified atom stereocenters. The summed E-state index contributed by atoms with van der Waals surface area (Å²) in [6.45, 7) is 3.75. The molecule has 0 aliphatic rings. The number of rotatable bonds is 6. The Morgan fingerprint density at radius 3 is 2.53 bits per heavy atom. The number of aromatic nitrogens is 2. The van der Waals surface area contributed by atoms with Gasteiger partial charge in [0.25, 0.3) is 6.43 Å². The Bertz CT molecular complexity index is 384.